The number of nitrogens with zero attached hydrogens (tertiary/aromatic N) is 4. The van der Waals surface area contributed by atoms with E-state index in [9.17, 15) is 13.2 Å². The van der Waals surface area contributed by atoms with Gasteiger partial charge in [-0.3, -0.25) is 5.43 Å². The van der Waals surface area contributed by atoms with Crippen molar-refractivity contribution in [2.24, 2.45) is 5.10 Å². The number of benzene rings is 3. The molecule has 0 saturated heterocycles. The van der Waals surface area contributed by atoms with Crippen LogP contribution in [0.5, 0.6) is 5.75 Å². The van der Waals surface area contributed by atoms with Crippen LogP contribution in [0.2, 0.25) is 0 Å². The lowest BCUT2D eigenvalue weighted by atomic mass is 10.0. The minimum atomic E-state index is -4.74. The molecule has 0 aliphatic rings. The number of hydrogen-bond donors (Lipinski definition) is 2. The summed E-state index contributed by atoms with van der Waals surface area (Å²) >= 11 is 5.41. The molecule has 38 heavy (non-hydrogen) atoms. The van der Waals surface area contributed by atoms with Gasteiger partial charge in [-0.05, 0) is 66.0 Å². The number of rotatable bonds is 8. The van der Waals surface area contributed by atoms with Crippen LogP contribution >= 0.6 is 12.2 Å². The molecule has 7 nitrogen and oxygen atoms in total. The van der Waals surface area contributed by atoms with E-state index in [1.165, 1.54) is 46.4 Å². The van der Waals surface area contributed by atoms with E-state index in [2.05, 4.69) is 62.7 Å². The Morgan fingerprint density at radius 1 is 1.00 bits per heavy atom. The van der Waals surface area contributed by atoms with E-state index in [0.717, 1.165) is 29.7 Å². The van der Waals surface area contributed by atoms with Gasteiger partial charge in [-0.25, -0.2) is 9.67 Å². The number of halogens is 3. The molecule has 0 fully saturated rings. The summed E-state index contributed by atoms with van der Waals surface area (Å²) in [6.07, 6.45) is 0.191. The fourth-order valence-electron chi connectivity index (χ4n) is 3.75. The Labute approximate surface area is 223 Å². The number of anilines is 1. The van der Waals surface area contributed by atoms with Crippen molar-refractivity contribution in [3.63, 3.8) is 0 Å². The molecule has 0 atom stereocenters. The number of ether oxygens (including phenoxy) is 1. The van der Waals surface area contributed by atoms with Gasteiger partial charge >= 0.3 is 6.36 Å². The molecular formula is C27H25F3N6OS. The van der Waals surface area contributed by atoms with Crippen LogP contribution in [0.3, 0.4) is 0 Å². The van der Waals surface area contributed by atoms with Crippen molar-refractivity contribution in [1.82, 2.24) is 20.2 Å². The first-order valence-corrected chi connectivity index (χ1v) is 12.3. The Bertz CT molecular complexity index is 1390. The van der Waals surface area contributed by atoms with Gasteiger partial charge in [0.25, 0.3) is 0 Å². The van der Waals surface area contributed by atoms with Gasteiger partial charge in [0.05, 0.1) is 11.9 Å². The van der Waals surface area contributed by atoms with Gasteiger partial charge in [0, 0.05) is 11.3 Å². The van der Waals surface area contributed by atoms with Crippen LogP contribution in [0, 0.1) is 0 Å². The Morgan fingerprint density at radius 3 is 2.26 bits per heavy atom. The van der Waals surface area contributed by atoms with Gasteiger partial charge in [0.2, 0.25) is 0 Å². The van der Waals surface area contributed by atoms with Crippen LogP contribution in [0.4, 0.5) is 18.9 Å². The summed E-state index contributed by atoms with van der Waals surface area (Å²) in [4.78, 5) is 4.30. The van der Waals surface area contributed by atoms with Crippen molar-refractivity contribution in [2.75, 3.05) is 5.32 Å². The molecule has 0 aliphatic heterocycles. The number of aryl methyl sites for hydroxylation is 2. The Balaban J connectivity index is 1.36. The van der Waals surface area contributed by atoms with E-state index in [1.54, 1.807) is 6.21 Å². The first-order valence-electron chi connectivity index (χ1n) is 11.8. The third-order valence-corrected chi connectivity index (χ3v) is 5.81. The predicted octanol–water partition coefficient (Wildman–Crippen LogP) is 6.28. The summed E-state index contributed by atoms with van der Waals surface area (Å²) in [5.41, 5.74) is 8.42. The number of alkyl halides is 3. The Hall–Kier alpha value is -4.25. The average Bonchev–Trinajstić information content (AvgIpc) is 3.39. The van der Waals surface area contributed by atoms with E-state index >= 15 is 0 Å². The van der Waals surface area contributed by atoms with Crippen molar-refractivity contribution in [2.45, 2.75) is 33.1 Å². The van der Waals surface area contributed by atoms with E-state index in [-0.39, 0.29) is 5.75 Å². The molecule has 0 spiro atoms. The van der Waals surface area contributed by atoms with E-state index in [0.29, 0.717) is 16.6 Å². The van der Waals surface area contributed by atoms with Gasteiger partial charge in [-0.15, -0.1) is 18.3 Å². The number of aromatic nitrogens is 3. The summed E-state index contributed by atoms with van der Waals surface area (Å²) < 4.78 is 42.4. The molecule has 4 aromatic rings. The summed E-state index contributed by atoms with van der Waals surface area (Å²) in [6, 6.07) is 19.0. The summed E-state index contributed by atoms with van der Waals surface area (Å²) in [5.74, 6) is 0.162. The van der Waals surface area contributed by atoms with Gasteiger partial charge in [-0.1, -0.05) is 56.3 Å². The van der Waals surface area contributed by atoms with E-state index in [4.69, 9.17) is 12.2 Å². The lowest BCUT2D eigenvalue weighted by Crippen LogP contribution is -2.25. The minimum absolute atomic E-state index is 0.304. The monoisotopic (exact) mass is 538 g/mol. The van der Waals surface area contributed by atoms with Crippen LogP contribution in [0.15, 0.2) is 78.2 Å². The quantitative estimate of drug-likeness (QED) is 0.156. The topological polar surface area (TPSA) is 76.4 Å². The van der Waals surface area contributed by atoms with E-state index < -0.39 is 6.36 Å². The molecule has 0 amide bonds. The summed E-state index contributed by atoms with van der Waals surface area (Å²) in [7, 11) is 0. The predicted molar refractivity (Wildman–Crippen MR) is 146 cm³/mol. The molecular weight excluding hydrogens is 513 g/mol. The van der Waals surface area contributed by atoms with Crippen molar-refractivity contribution >= 4 is 29.2 Å². The van der Waals surface area contributed by atoms with Crippen molar-refractivity contribution in [1.29, 1.82) is 0 Å². The van der Waals surface area contributed by atoms with Crippen LogP contribution in [0.1, 0.15) is 30.5 Å². The summed E-state index contributed by atoms with van der Waals surface area (Å²) in [5, 5.41) is 12.3. The zero-order valence-electron chi connectivity index (χ0n) is 20.7. The standard InChI is InChI=1S/C27H25F3N6OS/c1-3-19-6-5-7-20(4-2)24(19)33-26(38)34-32-16-18-8-10-21(11-9-18)25-31-17-36(35-25)22-12-14-23(15-13-22)37-27(28,29)30/h5-17H,3-4H2,1-2H3,(H2,33,34,38)/b32-16+. The molecule has 11 heteroatoms. The average molecular weight is 539 g/mol. The van der Waals surface area contributed by atoms with Gasteiger partial charge < -0.3 is 10.1 Å². The Morgan fingerprint density at radius 2 is 1.66 bits per heavy atom. The second-order valence-electron chi connectivity index (χ2n) is 8.16. The Kier molecular flexibility index (Phi) is 8.37. The number of para-hydroxylation sites is 1. The first-order chi connectivity index (χ1) is 18.3. The first kappa shape index (κ1) is 26.8. The second kappa shape index (κ2) is 11.9. The highest BCUT2D eigenvalue weighted by Crippen LogP contribution is 2.24. The van der Waals surface area contributed by atoms with Crippen molar-refractivity contribution < 1.29 is 17.9 Å². The third kappa shape index (κ3) is 6.94. The SMILES string of the molecule is CCc1cccc(CC)c1NC(=S)N/N=C/c1ccc(-c2ncn(-c3ccc(OC(F)(F)F)cc3)n2)cc1. The molecule has 4 rings (SSSR count). The van der Waals surface area contributed by atoms with Gasteiger partial charge in [0.1, 0.15) is 12.1 Å². The molecule has 3 aromatic carbocycles. The lowest BCUT2D eigenvalue weighted by molar-refractivity contribution is -0.274. The molecule has 0 saturated carbocycles. The molecule has 0 radical (unpaired) electrons. The number of nitrogens with one attached hydrogen (secondary N) is 2. The van der Waals surface area contributed by atoms with Crippen molar-refractivity contribution in [3.05, 3.63) is 89.7 Å². The summed E-state index contributed by atoms with van der Waals surface area (Å²) in [6.45, 7) is 4.21. The number of hydrazone groups is 1. The third-order valence-electron chi connectivity index (χ3n) is 5.61. The largest absolute Gasteiger partial charge is 0.573 e. The normalized spacial score (nSPS) is 11.5. The second-order valence-corrected chi connectivity index (χ2v) is 8.57. The molecule has 1 heterocycles. The molecule has 0 unspecified atom stereocenters. The highest BCUT2D eigenvalue weighted by Gasteiger charge is 2.31. The lowest BCUT2D eigenvalue weighted by Gasteiger charge is -2.15. The molecule has 1 aromatic heterocycles. The van der Waals surface area contributed by atoms with Crippen molar-refractivity contribution in [3.8, 4) is 22.8 Å². The number of thiocarbonyl (C=S) groups is 1. The maximum Gasteiger partial charge on any atom is 0.573 e. The zero-order valence-corrected chi connectivity index (χ0v) is 21.5. The molecule has 0 aliphatic carbocycles. The number of hydrogen-bond acceptors (Lipinski definition) is 5. The van der Waals surface area contributed by atoms with Crippen LogP contribution < -0.4 is 15.5 Å². The maximum absolute atomic E-state index is 12.4. The smallest absolute Gasteiger partial charge is 0.406 e. The van der Waals surface area contributed by atoms with Crippen LogP contribution in [0.25, 0.3) is 17.1 Å². The highest BCUT2D eigenvalue weighted by atomic mass is 32.1. The molecule has 0 bridgehead atoms. The molecule has 2 N–H and O–H groups in total. The molecule has 196 valence electrons. The van der Waals surface area contributed by atoms with E-state index in [1.807, 2.05) is 24.3 Å². The van der Waals surface area contributed by atoms with Gasteiger partial charge in [0.15, 0.2) is 10.9 Å². The zero-order chi connectivity index (χ0) is 27.1. The fraction of sp³-hybridized carbons (Fsp3) is 0.185. The minimum Gasteiger partial charge on any atom is -0.406 e. The fourth-order valence-corrected chi connectivity index (χ4v) is 3.90. The van der Waals surface area contributed by atoms with Crippen LogP contribution in [-0.4, -0.2) is 32.5 Å². The van der Waals surface area contributed by atoms with Crippen LogP contribution in [-0.2, 0) is 12.8 Å². The maximum atomic E-state index is 12.4. The highest BCUT2D eigenvalue weighted by molar-refractivity contribution is 7.80. The van der Waals surface area contributed by atoms with Gasteiger partial charge in [-0.2, -0.15) is 5.10 Å².